The van der Waals surface area contributed by atoms with Crippen molar-refractivity contribution in [3.8, 4) is 11.8 Å². The molecule has 0 aliphatic carbocycles. The molecule has 0 amide bonds. The predicted molar refractivity (Wildman–Crippen MR) is 78.4 cm³/mol. The lowest BCUT2D eigenvalue weighted by Crippen LogP contribution is -2.12. The van der Waals surface area contributed by atoms with Gasteiger partial charge >= 0.3 is 5.97 Å². The van der Waals surface area contributed by atoms with Gasteiger partial charge in [-0.05, 0) is 32.1 Å². The van der Waals surface area contributed by atoms with Crippen LogP contribution in [0, 0.1) is 11.3 Å². The summed E-state index contributed by atoms with van der Waals surface area (Å²) in [6, 6.07) is 11.4. The third-order valence-electron chi connectivity index (χ3n) is 2.62. The Hall–Kier alpha value is -2.87. The number of aromatic nitrogens is 2. The highest BCUT2D eigenvalue weighted by atomic mass is 16.5. The number of ether oxygens (including phenoxy) is 1. The molecule has 5 heteroatoms. The van der Waals surface area contributed by atoms with Crippen LogP contribution in [0.2, 0.25) is 0 Å². The molecule has 0 unspecified atom stereocenters. The molecule has 0 radical (unpaired) electrons. The molecular formula is C16H15N3O2. The maximum atomic E-state index is 11.7. The molecule has 21 heavy (non-hydrogen) atoms. The number of hydrogen-bond acceptors (Lipinski definition) is 4. The van der Waals surface area contributed by atoms with E-state index in [4.69, 9.17) is 10.00 Å². The van der Waals surface area contributed by atoms with Gasteiger partial charge in [0.05, 0.1) is 18.0 Å². The summed E-state index contributed by atoms with van der Waals surface area (Å²) in [4.78, 5) is 11.7. The van der Waals surface area contributed by atoms with Crippen molar-refractivity contribution in [1.82, 2.24) is 9.78 Å². The van der Waals surface area contributed by atoms with Gasteiger partial charge in [0.1, 0.15) is 11.6 Å². The molecule has 0 saturated heterocycles. The van der Waals surface area contributed by atoms with Gasteiger partial charge in [-0.15, -0.1) is 0 Å². The van der Waals surface area contributed by atoms with Crippen molar-refractivity contribution in [2.45, 2.75) is 20.0 Å². The third kappa shape index (κ3) is 3.80. The topological polar surface area (TPSA) is 67.9 Å². The van der Waals surface area contributed by atoms with Crippen LogP contribution in [0.15, 0.2) is 48.3 Å². The predicted octanol–water partition coefficient (Wildman–Crippen LogP) is 2.73. The molecule has 0 atom stereocenters. The van der Waals surface area contributed by atoms with E-state index in [1.165, 1.54) is 6.08 Å². The Morgan fingerprint density at radius 2 is 2.10 bits per heavy atom. The molecule has 0 aliphatic rings. The fourth-order valence-electron chi connectivity index (χ4n) is 1.71. The summed E-state index contributed by atoms with van der Waals surface area (Å²) in [6.07, 6.45) is 4.54. The first-order valence-electron chi connectivity index (χ1n) is 6.53. The van der Waals surface area contributed by atoms with Crippen molar-refractivity contribution in [1.29, 1.82) is 5.26 Å². The van der Waals surface area contributed by atoms with Crippen LogP contribution in [0.4, 0.5) is 0 Å². The van der Waals surface area contributed by atoms with Gasteiger partial charge in [0.2, 0.25) is 0 Å². The summed E-state index contributed by atoms with van der Waals surface area (Å²) in [7, 11) is 0. The number of nitriles is 1. The van der Waals surface area contributed by atoms with Gasteiger partial charge in [-0.1, -0.05) is 18.2 Å². The van der Waals surface area contributed by atoms with Crippen LogP contribution in [0.25, 0.3) is 11.8 Å². The molecule has 2 rings (SSSR count). The molecule has 0 bridgehead atoms. The first kappa shape index (κ1) is 14.5. The van der Waals surface area contributed by atoms with Crippen molar-refractivity contribution in [3.63, 3.8) is 0 Å². The summed E-state index contributed by atoms with van der Waals surface area (Å²) in [5, 5.41) is 13.3. The molecule has 1 aromatic carbocycles. The Balaban J connectivity index is 2.23. The van der Waals surface area contributed by atoms with Crippen LogP contribution in [-0.2, 0) is 9.53 Å². The van der Waals surface area contributed by atoms with Crippen molar-refractivity contribution in [3.05, 3.63) is 53.9 Å². The highest BCUT2D eigenvalue weighted by Gasteiger charge is 2.12. The van der Waals surface area contributed by atoms with Crippen LogP contribution < -0.4 is 0 Å². The second-order valence-electron chi connectivity index (χ2n) is 4.68. The van der Waals surface area contributed by atoms with E-state index >= 15 is 0 Å². The van der Waals surface area contributed by atoms with E-state index in [2.05, 4.69) is 5.10 Å². The zero-order valence-electron chi connectivity index (χ0n) is 11.9. The number of hydrogen-bond donors (Lipinski definition) is 0. The van der Waals surface area contributed by atoms with Gasteiger partial charge in [-0.25, -0.2) is 9.48 Å². The monoisotopic (exact) mass is 281 g/mol. The Morgan fingerprint density at radius 1 is 1.38 bits per heavy atom. The number of rotatable bonds is 4. The van der Waals surface area contributed by atoms with Crippen molar-refractivity contribution in [2.75, 3.05) is 0 Å². The molecule has 1 aromatic heterocycles. The summed E-state index contributed by atoms with van der Waals surface area (Å²) in [6.45, 7) is 3.47. The lowest BCUT2D eigenvalue weighted by molar-refractivity contribution is -0.142. The molecule has 0 aliphatic heterocycles. The van der Waals surface area contributed by atoms with E-state index < -0.39 is 5.97 Å². The lowest BCUT2D eigenvalue weighted by atomic mass is 10.2. The average molecular weight is 281 g/mol. The fraction of sp³-hybridized carbons (Fsp3) is 0.188. The fourth-order valence-corrected chi connectivity index (χ4v) is 1.71. The van der Waals surface area contributed by atoms with Crippen LogP contribution in [0.1, 0.15) is 19.4 Å². The summed E-state index contributed by atoms with van der Waals surface area (Å²) in [5.74, 6) is -0.625. The average Bonchev–Trinajstić information content (AvgIpc) is 2.93. The largest absolute Gasteiger partial charge is 0.459 e. The minimum Gasteiger partial charge on any atom is -0.459 e. The van der Waals surface area contributed by atoms with Crippen LogP contribution in [-0.4, -0.2) is 21.9 Å². The second-order valence-corrected chi connectivity index (χ2v) is 4.68. The van der Waals surface area contributed by atoms with Gasteiger partial charge in [0.25, 0.3) is 0 Å². The quantitative estimate of drug-likeness (QED) is 0.491. The zero-order valence-corrected chi connectivity index (χ0v) is 11.9. The van der Waals surface area contributed by atoms with Crippen molar-refractivity contribution >= 4 is 12.0 Å². The smallest absolute Gasteiger partial charge is 0.349 e. The summed E-state index contributed by atoms with van der Waals surface area (Å²) >= 11 is 0. The number of para-hydroxylation sites is 1. The van der Waals surface area contributed by atoms with E-state index in [1.54, 1.807) is 30.9 Å². The first-order valence-corrected chi connectivity index (χ1v) is 6.53. The minimum atomic E-state index is -0.625. The molecule has 5 nitrogen and oxygen atoms in total. The van der Waals surface area contributed by atoms with Crippen LogP contribution in [0.3, 0.4) is 0 Å². The number of esters is 1. The van der Waals surface area contributed by atoms with Gasteiger partial charge in [-0.3, -0.25) is 0 Å². The van der Waals surface area contributed by atoms with E-state index in [0.29, 0.717) is 5.56 Å². The number of benzene rings is 1. The highest BCUT2D eigenvalue weighted by molar-refractivity contribution is 5.97. The second kappa shape index (κ2) is 6.53. The molecule has 0 saturated carbocycles. The van der Waals surface area contributed by atoms with E-state index in [0.717, 1.165) is 5.69 Å². The zero-order chi connectivity index (χ0) is 15.2. The standard InChI is InChI=1S/C16H15N3O2/c1-12(2)21-16(20)14(9-17)8-13-10-18-19(11-13)15-6-4-3-5-7-15/h3-8,10-12H,1-2H3/b14-8+. The summed E-state index contributed by atoms with van der Waals surface area (Å²) in [5.41, 5.74) is 1.52. The minimum absolute atomic E-state index is 0.0451. The van der Waals surface area contributed by atoms with Gasteiger partial charge in [0.15, 0.2) is 0 Å². The normalized spacial score (nSPS) is 11.2. The molecule has 0 spiro atoms. The van der Waals surface area contributed by atoms with E-state index in [1.807, 2.05) is 36.4 Å². The van der Waals surface area contributed by atoms with Gasteiger partial charge in [-0.2, -0.15) is 10.4 Å². The molecule has 0 N–H and O–H groups in total. The van der Waals surface area contributed by atoms with Crippen molar-refractivity contribution < 1.29 is 9.53 Å². The number of carbonyl (C=O) groups is 1. The first-order chi connectivity index (χ1) is 10.1. The molecule has 2 aromatic rings. The highest BCUT2D eigenvalue weighted by Crippen LogP contribution is 2.11. The van der Waals surface area contributed by atoms with Crippen LogP contribution in [0.5, 0.6) is 0 Å². The molecule has 1 heterocycles. The Morgan fingerprint density at radius 3 is 2.71 bits per heavy atom. The lowest BCUT2D eigenvalue weighted by Gasteiger charge is -2.05. The molecule has 106 valence electrons. The molecule has 0 fully saturated rings. The summed E-state index contributed by atoms with van der Waals surface area (Å²) < 4.78 is 6.69. The van der Waals surface area contributed by atoms with Gasteiger partial charge in [0, 0.05) is 11.8 Å². The van der Waals surface area contributed by atoms with Gasteiger partial charge < -0.3 is 4.74 Å². The Labute approximate surface area is 123 Å². The maximum Gasteiger partial charge on any atom is 0.349 e. The van der Waals surface area contributed by atoms with E-state index in [-0.39, 0.29) is 11.7 Å². The van der Waals surface area contributed by atoms with Crippen molar-refractivity contribution in [2.24, 2.45) is 0 Å². The van der Waals surface area contributed by atoms with E-state index in [9.17, 15) is 4.79 Å². The SMILES string of the molecule is CC(C)OC(=O)/C(C#N)=C/c1cnn(-c2ccccc2)c1. The third-order valence-corrected chi connectivity index (χ3v) is 2.62. The number of carbonyl (C=O) groups excluding carboxylic acids is 1. The Bertz CT molecular complexity index is 694. The molecular weight excluding hydrogens is 266 g/mol. The Kier molecular flexibility index (Phi) is 4.52. The maximum absolute atomic E-state index is 11.7. The number of nitrogens with zero attached hydrogens (tertiary/aromatic N) is 3. The van der Waals surface area contributed by atoms with Crippen LogP contribution >= 0.6 is 0 Å².